The minimum absolute atomic E-state index is 0.0283. The lowest BCUT2D eigenvalue weighted by Crippen LogP contribution is -2.32. The number of hydrogen-bond donors (Lipinski definition) is 1. The first kappa shape index (κ1) is 19.6. The van der Waals surface area contributed by atoms with E-state index in [9.17, 15) is 4.79 Å². The molecular formula is C23H24N4OS. The highest BCUT2D eigenvalue weighted by Crippen LogP contribution is 2.31. The molecule has 3 aromatic rings. The van der Waals surface area contributed by atoms with Crippen molar-refractivity contribution in [2.24, 2.45) is 0 Å². The lowest BCUT2D eigenvalue weighted by atomic mass is 10.0. The summed E-state index contributed by atoms with van der Waals surface area (Å²) in [7, 11) is 0. The fraction of sp³-hybridized carbons (Fsp3) is 0.304. The van der Waals surface area contributed by atoms with Gasteiger partial charge in [0.2, 0.25) is 11.1 Å². The van der Waals surface area contributed by atoms with E-state index in [-0.39, 0.29) is 11.2 Å². The quantitative estimate of drug-likeness (QED) is 0.609. The second-order valence-electron chi connectivity index (χ2n) is 7.57. The lowest BCUT2D eigenvalue weighted by Gasteiger charge is -2.13. The molecule has 29 heavy (non-hydrogen) atoms. The van der Waals surface area contributed by atoms with Crippen molar-refractivity contribution < 1.29 is 4.79 Å². The first-order valence-corrected chi connectivity index (χ1v) is 10.7. The van der Waals surface area contributed by atoms with E-state index in [0.29, 0.717) is 11.2 Å². The number of nitrogens with one attached hydrogen (secondary N) is 1. The van der Waals surface area contributed by atoms with Crippen LogP contribution in [0.3, 0.4) is 0 Å². The van der Waals surface area contributed by atoms with E-state index in [4.69, 9.17) is 4.98 Å². The van der Waals surface area contributed by atoms with Crippen LogP contribution >= 0.6 is 11.8 Å². The van der Waals surface area contributed by atoms with Gasteiger partial charge in [-0.1, -0.05) is 71.4 Å². The average molecular weight is 405 g/mol. The molecule has 1 aliphatic rings. The van der Waals surface area contributed by atoms with E-state index >= 15 is 0 Å². The van der Waals surface area contributed by atoms with Gasteiger partial charge in [-0.25, -0.2) is 4.98 Å². The van der Waals surface area contributed by atoms with Gasteiger partial charge in [0.25, 0.3) is 0 Å². The van der Waals surface area contributed by atoms with Crippen LogP contribution in [0, 0.1) is 13.8 Å². The second-order valence-corrected chi connectivity index (χ2v) is 8.87. The van der Waals surface area contributed by atoms with Crippen molar-refractivity contribution in [3.8, 4) is 22.5 Å². The molecule has 6 heteroatoms. The molecule has 148 valence electrons. The minimum atomic E-state index is -0.270. The van der Waals surface area contributed by atoms with Gasteiger partial charge in [-0.2, -0.15) is 0 Å². The van der Waals surface area contributed by atoms with E-state index in [2.05, 4.69) is 65.8 Å². The molecule has 1 atom stereocenters. The third-order valence-corrected chi connectivity index (χ3v) is 5.84. The summed E-state index contributed by atoms with van der Waals surface area (Å²) in [5.74, 6) is 0.0283. The first-order valence-electron chi connectivity index (χ1n) is 9.85. The van der Waals surface area contributed by atoms with Crippen molar-refractivity contribution in [1.82, 2.24) is 20.5 Å². The summed E-state index contributed by atoms with van der Waals surface area (Å²) < 4.78 is 0. The smallest absolute Gasteiger partial charge is 0.233 e. The number of rotatable bonds is 6. The van der Waals surface area contributed by atoms with Gasteiger partial charge in [0, 0.05) is 17.2 Å². The topological polar surface area (TPSA) is 67.8 Å². The monoisotopic (exact) mass is 404 g/mol. The van der Waals surface area contributed by atoms with Gasteiger partial charge < -0.3 is 5.32 Å². The summed E-state index contributed by atoms with van der Waals surface area (Å²) in [5.41, 5.74) is 5.86. The van der Waals surface area contributed by atoms with Crippen LogP contribution in [0.5, 0.6) is 0 Å². The molecule has 1 fully saturated rings. The number of hydrogen-bond acceptors (Lipinski definition) is 5. The predicted octanol–water partition coefficient (Wildman–Crippen LogP) is 4.58. The van der Waals surface area contributed by atoms with Crippen molar-refractivity contribution in [1.29, 1.82) is 0 Å². The molecule has 5 nitrogen and oxygen atoms in total. The molecule has 1 aromatic heterocycles. The second kappa shape index (κ2) is 8.33. The molecule has 0 aliphatic heterocycles. The van der Waals surface area contributed by atoms with Crippen LogP contribution in [0.1, 0.15) is 30.9 Å². The number of aryl methyl sites for hydroxylation is 2. The molecule has 0 radical (unpaired) electrons. The van der Waals surface area contributed by atoms with E-state index in [1.807, 2.05) is 19.1 Å². The molecule has 0 unspecified atom stereocenters. The SMILES string of the molecule is Cc1ccc(-c2nnc(S[C@@H](C)C(=O)NC3CC3)nc2-c2ccc(C)cc2)cc1. The maximum Gasteiger partial charge on any atom is 0.233 e. The molecule has 1 heterocycles. The van der Waals surface area contributed by atoms with Gasteiger partial charge in [-0.05, 0) is 33.6 Å². The van der Waals surface area contributed by atoms with E-state index in [1.54, 1.807) is 0 Å². The van der Waals surface area contributed by atoms with Gasteiger partial charge >= 0.3 is 0 Å². The summed E-state index contributed by atoms with van der Waals surface area (Å²) in [6, 6.07) is 16.8. The van der Waals surface area contributed by atoms with Crippen LogP contribution in [0.15, 0.2) is 53.7 Å². The third kappa shape index (κ3) is 4.82. The summed E-state index contributed by atoms with van der Waals surface area (Å²) >= 11 is 1.34. The zero-order chi connectivity index (χ0) is 20.4. The number of benzene rings is 2. The Morgan fingerprint density at radius 1 is 0.931 bits per heavy atom. The zero-order valence-corrected chi connectivity index (χ0v) is 17.7. The molecule has 2 aromatic carbocycles. The van der Waals surface area contributed by atoms with E-state index in [0.717, 1.165) is 35.4 Å². The number of aromatic nitrogens is 3. The standard InChI is InChI=1S/C23H24N4OS/c1-14-4-8-17(9-5-14)20-21(18-10-6-15(2)7-11-18)26-27-23(25-20)29-16(3)22(28)24-19-12-13-19/h4-11,16,19H,12-13H2,1-3H3,(H,24,28)/t16-/m0/s1. The molecule has 1 saturated carbocycles. The third-order valence-electron chi connectivity index (χ3n) is 4.89. The van der Waals surface area contributed by atoms with Crippen molar-refractivity contribution in [2.75, 3.05) is 0 Å². The normalized spacial score (nSPS) is 14.4. The van der Waals surface area contributed by atoms with Crippen LogP contribution < -0.4 is 5.32 Å². The van der Waals surface area contributed by atoms with Gasteiger partial charge in [-0.15, -0.1) is 10.2 Å². The molecule has 4 rings (SSSR count). The summed E-state index contributed by atoms with van der Waals surface area (Å²) in [5, 5.41) is 12.1. The highest BCUT2D eigenvalue weighted by atomic mass is 32.2. The predicted molar refractivity (Wildman–Crippen MR) is 117 cm³/mol. The van der Waals surface area contributed by atoms with E-state index in [1.165, 1.54) is 22.9 Å². The average Bonchev–Trinajstić information content (AvgIpc) is 3.53. The molecule has 0 saturated heterocycles. The Morgan fingerprint density at radius 2 is 1.48 bits per heavy atom. The van der Waals surface area contributed by atoms with Crippen LogP contribution in [-0.4, -0.2) is 32.4 Å². The molecule has 1 aliphatic carbocycles. The van der Waals surface area contributed by atoms with Gasteiger partial charge in [0.1, 0.15) is 11.4 Å². The van der Waals surface area contributed by atoms with Crippen LogP contribution in [0.4, 0.5) is 0 Å². The van der Waals surface area contributed by atoms with Gasteiger partial charge in [-0.3, -0.25) is 4.79 Å². The molecule has 0 spiro atoms. The first-order chi connectivity index (χ1) is 14.0. The summed E-state index contributed by atoms with van der Waals surface area (Å²) in [6.45, 7) is 6.00. The molecule has 1 N–H and O–H groups in total. The van der Waals surface area contributed by atoms with Gasteiger partial charge in [0.05, 0.1) is 5.25 Å². The van der Waals surface area contributed by atoms with Gasteiger partial charge in [0.15, 0.2) is 0 Å². The number of carbonyl (C=O) groups excluding carboxylic acids is 1. The van der Waals surface area contributed by atoms with Crippen LogP contribution in [0.2, 0.25) is 0 Å². The zero-order valence-electron chi connectivity index (χ0n) is 16.8. The Hall–Kier alpha value is -2.73. The number of amides is 1. The maximum absolute atomic E-state index is 12.3. The number of thioether (sulfide) groups is 1. The highest BCUT2D eigenvalue weighted by Gasteiger charge is 2.26. The van der Waals surface area contributed by atoms with Crippen LogP contribution in [-0.2, 0) is 4.79 Å². The minimum Gasteiger partial charge on any atom is -0.352 e. The van der Waals surface area contributed by atoms with Crippen molar-refractivity contribution in [3.63, 3.8) is 0 Å². The van der Waals surface area contributed by atoms with Crippen molar-refractivity contribution in [3.05, 3.63) is 59.7 Å². The fourth-order valence-corrected chi connectivity index (χ4v) is 3.66. The lowest BCUT2D eigenvalue weighted by molar-refractivity contribution is -0.120. The Labute approximate surface area is 175 Å². The maximum atomic E-state index is 12.3. The van der Waals surface area contributed by atoms with E-state index < -0.39 is 0 Å². The Balaban J connectivity index is 1.67. The summed E-state index contributed by atoms with van der Waals surface area (Å²) in [6.07, 6.45) is 2.15. The Kier molecular flexibility index (Phi) is 5.62. The summed E-state index contributed by atoms with van der Waals surface area (Å²) in [4.78, 5) is 17.1. The Bertz CT molecular complexity index is 1010. The highest BCUT2D eigenvalue weighted by molar-refractivity contribution is 8.00. The fourth-order valence-electron chi connectivity index (χ4n) is 2.94. The molecule has 1 amide bonds. The molecule has 0 bridgehead atoms. The van der Waals surface area contributed by atoms with Crippen molar-refractivity contribution in [2.45, 2.75) is 50.1 Å². The molecular weight excluding hydrogens is 380 g/mol. The van der Waals surface area contributed by atoms with Crippen LogP contribution in [0.25, 0.3) is 22.5 Å². The number of carbonyl (C=O) groups is 1. The largest absolute Gasteiger partial charge is 0.352 e. The number of nitrogens with zero attached hydrogens (tertiary/aromatic N) is 3. The van der Waals surface area contributed by atoms with Crippen molar-refractivity contribution >= 4 is 17.7 Å². The Morgan fingerprint density at radius 3 is 2.03 bits per heavy atom.